The van der Waals surface area contributed by atoms with Crippen LogP contribution < -0.4 is 4.74 Å². The summed E-state index contributed by atoms with van der Waals surface area (Å²) < 4.78 is 32.2. The SMILES string of the molecule is COc1c(C)cnc(CN(C)C(=O)c2cccc(S(=O)(=O)N(C)C(C)C)c2)c1C. The van der Waals surface area contributed by atoms with Crippen LogP contribution in [0.5, 0.6) is 5.75 Å². The number of ether oxygens (including phenoxy) is 1. The number of rotatable bonds is 7. The largest absolute Gasteiger partial charge is 0.496 e. The summed E-state index contributed by atoms with van der Waals surface area (Å²) in [6.07, 6.45) is 1.72. The predicted molar refractivity (Wildman–Crippen MR) is 113 cm³/mol. The van der Waals surface area contributed by atoms with Crippen molar-refractivity contribution in [2.24, 2.45) is 0 Å². The molecule has 158 valence electrons. The van der Waals surface area contributed by atoms with Crippen molar-refractivity contribution in [2.75, 3.05) is 21.2 Å². The van der Waals surface area contributed by atoms with Crippen molar-refractivity contribution in [3.8, 4) is 5.75 Å². The maximum absolute atomic E-state index is 12.9. The molecule has 0 radical (unpaired) electrons. The van der Waals surface area contributed by atoms with E-state index in [0.717, 1.165) is 22.6 Å². The summed E-state index contributed by atoms with van der Waals surface area (Å²) in [5.74, 6) is 0.468. The van der Waals surface area contributed by atoms with Crippen LogP contribution >= 0.6 is 0 Å². The first-order valence-electron chi connectivity index (χ1n) is 9.33. The first-order chi connectivity index (χ1) is 13.5. The van der Waals surface area contributed by atoms with Crippen molar-refractivity contribution in [3.05, 3.63) is 52.8 Å². The van der Waals surface area contributed by atoms with Gasteiger partial charge in [-0.1, -0.05) is 6.07 Å². The summed E-state index contributed by atoms with van der Waals surface area (Å²) >= 11 is 0. The highest BCUT2D eigenvalue weighted by Gasteiger charge is 2.24. The molecule has 0 aliphatic carbocycles. The Kier molecular flexibility index (Phi) is 7.02. The summed E-state index contributed by atoms with van der Waals surface area (Å²) in [5.41, 5.74) is 2.84. The van der Waals surface area contributed by atoms with E-state index in [1.807, 2.05) is 13.8 Å². The Labute approximate surface area is 173 Å². The third kappa shape index (κ3) is 4.76. The fourth-order valence-electron chi connectivity index (χ4n) is 2.98. The van der Waals surface area contributed by atoms with Crippen LogP contribution in [0.4, 0.5) is 0 Å². The second-order valence-electron chi connectivity index (χ2n) is 7.35. The molecule has 0 spiro atoms. The third-order valence-corrected chi connectivity index (χ3v) is 7.00. The first kappa shape index (κ1) is 22.8. The quantitative estimate of drug-likeness (QED) is 0.689. The number of sulfonamides is 1. The van der Waals surface area contributed by atoms with Crippen molar-refractivity contribution < 1.29 is 17.9 Å². The molecule has 1 amide bonds. The van der Waals surface area contributed by atoms with Crippen molar-refractivity contribution in [2.45, 2.75) is 45.2 Å². The number of pyridine rings is 1. The van der Waals surface area contributed by atoms with Crippen molar-refractivity contribution in [1.29, 1.82) is 0 Å². The molecular weight excluding hydrogens is 390 g/mol. The Bertz CT molecular complexity index is 1000. The van der Waals surface area contributed by atoms with Gasteiger partial charge < -0.3 is 9.64 Å². The summed E-state index contributed by atoms with van der Waals surface area (Å²) in [6.45, 7) is 7.69. The van der Waals surface area contributed by atoms with E-state index in [9.17, 15) is 13.2 Å². The molecule has 1 heterocycles. The van der Waals surface area contributed by atoms with Gasteiger partial charge >= 0.3 is 0 Å². The van der Waals surface area contributed by atoms with Crippen LogP contribution in [0.25, 0.3) is 0 Å². The lowest BCUT2D eigenvalue weighted by atomic mass is 10.1. The van der Waals surface area contributed by atoms with Crippen molar-refractivity contribution in [1.82, 2.24) is 14.2 Å². The molecule has 29 heavy (non-hydrogen) atoms. The standard InChI is InChI=1S/C21H29N3O4S/c1-14(2)24(6)29(26,27)18-10-8-9-17(11-18)21(25)23(5)13-19-16(4)20(28-7)15(3)12-22-19/h8-12,14H,13H2,1-7H3. The molecule has 0 aliphatic heterocycles. The number of hydrogen-bond donors (Lipinski definition) is 0. The van der Waals surface area contributed by atoms with E-state index in [-0.39, 0.29) is 23.4 Å². The molecule has 0 atom stereocenters. The minimum absolute atomic E-state index is 0.0965. The van der Waals surface area contributed by atoms with E-state index in [2.05, 4.69) is 4.98 Å². The monoisotopic (exact) mass is 419 g/mol. The van der Waals surface area contributed by atoms with Crippen LogP contribution in [-0.4, -0.2) is 55.8 Å². The Morgan fingerprint density at radius 2 is 1.86 bits per heavy atom. The second-order valence-corrected chi connectivity index (χ2v) is 9.35. The topological polar surface area (TPSA) is 79.8 Å². The van der Waals surface area contributed by atoms with Gasteiger partial charge in [-0.3, -0.25) is 9.78 Å². The number of carbonyl (C=O) groups excluding carboxylic acids is 1. The van der Waals surface area contributed by atoms with Crippen molar-refractivity contribution in [3.63, 3.8) is 0 Å². The van der Waals surface area contributed by atoms with Crippen LogP contribution in [0, 0.1) is 13.8 Å². The molecule has 2 aromatic rings. The Morgan fingerprint density at radius 1 is 1.21 bits per heavy atom. The van der Waals surface area contributed by atoms with Crippen molar-refractivity contribution >= 4 is 15.9 Å². The lowest BCUT2D eigenvalue weighted by Gasteiger charge is -2.22. The maximum atomic E-state index is 12.9. The lowest BCUT2D eigenvalue weighted by Crippen LogP contribution is -2.33. The Balaban J connectivity index is 2.30. The number of aryl methyl sites for hydroxylation is 1. The predicted octanol–water partition coefficient (Wildman–Crippen LogP) is 3.01. The minimum Gasteiger partial charge on any atom is -0.496 e. The summed E-state index contributed by atoms with van der Waals surface area (Å²) in [4.78, 5) is 19.0. The molecule has 0 saturated carbocycles. The minimum atomic E-state index is -3.67. The molecule has 0 saturated heterocycles. The molecule has 7 nitrogen and oxygen atoms in total. The highest BCUT2D eigenvalue weighted by Crippen LogP contribution is 2.25. The fourth-order valence-corrected chi connectivity index (χ4v) is 4.39. The number of carbonyl (C=O) groups is 1. The van der Waals surface area contributed by atoms with Gasteiger partial charge in [-0.05, 0) is 45.9 Å². The van der Waals surface area contributed by atoms with Gasteiger partial charge in [0.25, 0.3) is 5.91 Å². The van der Waals surface area contributed by atoms with E-state index in [4.69, 9.17) is 4.74 Å². The summed E-state index contributed by atoms with van der Waals surface area (Å²) in [7, 11) is 1.13. The second kappa shape index (κ2) is 8.92. The zero-order chi connectivity index (χ0) is 21.9. The Morgan fingerprint density at radius 3 is 2.45 bits per heavy atom. The molecule has 0 N–H and O–H groups in total. The van der Waals surface area contributed by atoms with Crippen LogP contribution in [0.3, 0.4) is 0 Å². The van der Waals surface area contributed by atoms with Crippen LogP contribution in [0.15, 0.2) is 35.4 Å². The van der Waals surface area contributed by atoms with E-state index in [1.165, 1.54) is 28.4 Å². The molecular formula is C21H29N3O4S. The number of amides is 1. The van der Waals surface area contributed by atoms with Gasteiger partial charge in [0.15, 0.2) is 0 Å². The van der Waals surface area contributed by atoms with E-state index in [0.29, 0.717) is 5.56 Å². The molecule has 1 aromatic heterocycles. The van der Waals surface area contributed by atoms with E-state index in [1.54, 1.807) is 46.3 Å². The zero-order valence-corrected chi connectivity index (χ0v) is 18.9. The third-order valence-electron chi connectivity index (χ3n) is 4.97. The zero-order valence-electron chi connectivity index (χ0n) is 18.1. The summed E-state index contributed by atoms with van der Waals surface area (Å²) in [6, 6.07) is 5.93. The van der Waals surface area contributed by atoms with Gasteiger partial charge in [0.05, 0.1) is 24.2 Å². The maximum Gasteiger partial charge on any atom is 0.253 e. The molecule has 0 unspecified atom stereocenters. The van der Waals surface area contributed by atoms with Gasteiger partial charge in [-0.25, -0.2) is 8.42 Å². The van der Waals surface area contributed by atoms with E-state index >= 15 is 0 Å². The number of methoxy groups -OCH3 is 1. The molecule has 0 bridgehead atoms. The molecule has 0 aliphatic rings. The van der Waals surface area contributed by atoms with Gasteiger partial charge in [-0.15, -0.1) is 0 Å². The normalized spacial score (nSPS) is 11.8. The highest BCUT2D eigenvalue weighted by molar-refractivity contribution is 7.89. The highest BCUT2D eigenvalue weighted by atomic mass is 32.2. The van der Waals surface area contributed by atoms with Crippen LogP contribution in [-0.2, 0) is 16.6 Å². The average Bonchev–Trinajstić information content (AvgIpc) is 2.69. The van der Waals surface area contributed by atoms with E-state index < -0.39 is 10.0 Å². The first-order valence-corrected chi connectivity index (χ1v) is 10.8. The van der Waals surface area contributed by atoms with Gasteiger partial charge in [0.2, 0.25) is 10.0 Å². The smallest absolute Gasteiger partial charge is 0.253 e. The number of benzene rings is 1. The molecule has 8 heteroatoms. The molecule has 2 rings (SSSR count). The number of hydrogen-bond acceptors (Lipinski definition) is 5. The summed E-state index contributed by atoms with van der Waals surface area (Å²) in [5, 5.41) is 0. The van der Waals surface area contributed by atoms with Crippen LogP contribution in [0.2, 0.25) is 0 Å². The fraction of sp³-hybridized carbons (Fsp3) is 0.429. The number of nitrogens with zero attached hydrogens (tertiary/aromatic N) is 3. The van der Waals surface area contributed by atoms with Gasteiger partial charge in [0, 0.05) is 43.0 Å². The van der Waals surface area contributed by atoms with Crippen LogP contribution in [0.1, 0.15) is 41.0 Å². The average molecular weight is 420 g/mol. The number of aromatic nitrogens is 1. The Hall–Kier alpha value is -2.45. The molecule has 0 fully saturated rings. The lowest BCUT2D eigenvalue weighted by molar-refractivity contribution is 0.0783. The van der Waals surface area contributed by atoms with Gasteiger partial charge in [-0.2, -0.15) is 4.31 Å². The van der Waals surface area contributed by atoms with Gasteiger partial charge in [0.1, 0.15) is 5.75 Å². The molecule has 1 aromatic carbocycles.